The van der Waals surface area contributed by atoms with E-state index in [0.29, 0.717) is 31.2 Å². The minimum absolute atomic E-state index is 0.0422. The van der Waals surface area contributed by atoms with Crippen LogP contribution in [0.5, 0.6) is 0 Å². The molecule has 1 aliphatic carbocycles. The van der Waals surface area contributed by atoms with Gasteiger partial charge in [-0.25, -0.2) is 22.0 Å². The summed E-state index contributed by atoms with van der Waals surface area (Å²) in [6.45, 7) is 2.22. The van der Waals surface area contributed by atoms with Crippen molar-refractivity contribution in [1.82, 2.24) is 0 Å². The predicted molar refractivity (Wildman–Crippen MR) is 80.6 cm³/mol. The smallest absolute Gasteiger partial charge is 0.245 e. The third kappa shape index (κ3) is 4.92. The highest BCUT2D eigenvalue weighted by Crippen LogP contribution is 2.41. The van der Waals surface area contributed by atoms with Crippen molar-refractivity contribution in [2.24, 2.45) is 5.92 Å². The van der Waals surface area contributed by atoms with Gasteiger partial charge in [0.15, 0.2) is 11.6 Å². The first kappa shape index (κ1) is 18.2. The summed E-state index contributed by atoms with van der Waals surface area (Å²) < 4.78 is 67.4. The van der Waals surface area contributed by atoms with Crippen molar-refractivity contribution in [2.45, 2.75) is 70.4 Å². The fourth-order valence-corrected chi connectivity index (χ4v) is 3.56. The van der Waals surface area contributed by atoms with Crippen molar-refractivity contribution in [3.63, 3.8) is 0 Å². The van der Waals surface area contributed by atoms with Crippen molar-refractivity contribution < 1.29 is 22.0 Å². The van der Waals surface area contributed by atoms with E-state index >= 15 is 0 Å². The lowest BCUT2D eigenvalue weighted by Crippen LogP contribution is -2.21. The maximum Gasteiger partial charge on any atom is 0.245 e. The molecule has 0 saturated heterocycles. The highest BCUT2D eigenvalue weighted by molar-refractivity contribution is 5.29. The monoisotopic (exact) mass is 334 g/mol. The number of hydrogen-bond acceptors (Lipinski definition) is 0. The molecule has 0 bridgehead atoms. The van der Waals surface area contributed by atoms with Crippen molar-refractivity contribution in [1.29, 1.82) is 0 Å². The topological polar surface area (TPSA) is 0 Å². The Morgan fingerprint density at radius 3 is 2.22 bits per heavy atom. The standard InChI is InChI=1S/C18H23F5/c1-11(19)9-14-7-8-15(17(21)16(14)20)13-5-3-12(4-6-13)10-18(2,22)23/h7-8,11-13H,3-6,9-10H2,1-2H3. The highest BCUT2D eigenvalue weighted by atomic mass is 19.3. The molecular weight excluding hydrogens is 311 g/mol. The van der Waals surface area contributed by atoms with E-state index in [2.05, 4.69) is 0 Å². The molecular formula is C18H23F5. The third-order valence-electron chi connectivity index (χ3n) is 4.63. The van der Waals surface area contributed by atoms with E-state index in [1.807, 2.05) is 0 Å². The second kappa shape index (κ2) is 7.18. The molecule has 5 heteroatoms. The van der Waals surface area contributed by atoms with Crippen LogP contribution in [0.25, 0.3) is 0 Å². The first-order chi connectivity index (χ1) is 10.7. The first-order valence-electron chi connectivity index (χ1n) is 8.16. The molecule has 0 nitrogen and oxygen atoms in total. The van der Waals surface area contributed by atoms with E-state index in [9.17, 15) is 22.0 Å². The molecule has 1 unspecified atom stereocenters. The molecule has 1 fully saturated rings. The second-order valence-corrected chi connectivity index (χ2v) is 6.92. The molecule has 0 aromatic heterocycles. The van der Waals surface area contributed by atoms with Crippen LogP contribution >= 0.6 is 0 Å². The SMILES string of the molecule is CC(F)Cc1ccc(C2CCC(CC(C)(F)F)CC2)c(F)c1F. The molecule has 130 valence electrons. The Hall–Kier alpha value is -1.13. The van der Waals surface area contributed by atoms with E-state index in [0.717, 1.165) is 6.92 Å². The Kier molecular flexibility index (Phi) is 5.69. The molecule has 0 N–H and O–H groups in total. The molecule has 0 radical (unpaired) electrons. The lowest BCUT2D eigenvalue weighted by molar-refractivity contribution is -0.00937. The van der Waals surface area contributed by atoms with E-state index in [1.54, 1.807) is 0 Å². The average Bonchev–Trinajstić information content (AvgIpc) is 2.43. The van der Waals surface area contributed by atoms with Gasteiger partial charge in [0.25, 0.3) is 0 Å². The molecule has 0 spiro atoms. The van der Waals surface area contributed by atoms with Crippen LogP contribution in [0.15, 0.2) is 12.1 Å². The number of halogens is 5. The van der Waals surface area contributed by atoms with Gasteiger partial charge in [0, 0.05) is 12.8 Å². The maximum absolute atomic E-state index is 14.2. The fraction of sp³-hybridized carbons (Fsp3) is 0.667. The summed E-state index contributed by atoms with van der Waals surface area (Å²) in [4.78, 5) is 0. The Labute approximate surface area is 134 Å². The summed E-state index contributed by atoms with van der Waals surface area (Å²) >= 11 is 0. The summed E-state index contributed by atoms with van der Waals surface area (Å²) in [7, 11) is 0. The normalized spacial score (nSPS) is 23.8. The van der Waals surface area contributed by atoms with E-state index < -0.39 is 23.7 Å². The fourth-order valence-electron chi connectivity index (χ4n) is 3.56. The molecule has 2 rings (SSSR count). The van der Waals surface area contributed by atoms with E-state index in [-0.39, 0.29) is 30.2 Å². The summed E-state index contributed by atoms with van der Waals surface area (Å²) in [5.41, 5.74) is 0.333. The van der Waals surface area contributed by atoms with Gasteiger partial charge in [-0.3, -0.25) is 0 Å². The highest BCUT2D eigenvalue weighted by Gasteiger charge is 2.31. The van der Waals surface area contributed by atoms with Crippen LogP contribution in [-0.2, 0) is 6.42 Å². The molecule has 1 aliphatic rings. The first-order valence-corrected chi connectivity index (χ1v) is 8.16. The number of rotatable bonds is 5. The molecule has 0 aliphatic heterocycles. The Bertz CT molecular complexity index is 525. The van der Waals surface area contributed by atoms with Crippen LogP contribution in [0.4, 0.5) is 22.0 Å². The Balaban J connectivity index is 2.05. The van der Waals surface area contributed by atoms with Gasteiger partial charge in [-0.1, -0.05) is 12.1 Å². The summed E-state index contributed by atoms with van der Waals surface area (Å²) in [6, 6.07) is 2.96. The van der Waals surface area contributed by atoms with Crippen LogP contribution < -0.4 is 0 Å². The van der Waals surface area contributed by atoms with Crippen molar-refractivity contribution in [3.05, 3.63) is 34.9 Å². The zero-order valence-electron chi connectivity index (χ0n) is 13.5. The van der Waals surface area contributed by atoms with Crippen LogP contribution in [0.1, 0.15) is 63.0 Å². The zero-order valence-corrected chi connectivity index (χ0v) is 13.5. The second-order valence-electron chi connectivity index (χ2n) is 6.92. The Morgan fingerprint density at radius 2 is 1.70 bits per heavy atom. The van der Waals surface area contributed by atoms with Crippen LogP contribution in [0, 0.1) is 17.6 Å². The van der Waals surface area contributed by atoms with Crippen molar-refractivity contribution in [3.8, 4) is 0 Å². The van der Waals surface area contributed by atoms with Gasteiger partial charge >= 0.3 is 0 Å². The largest absolute Gasteiger partial charge is 0.247 e. The molecule has 1 saturated carbocycles. The van der Waals surface area contributed by atoms with Gasteiger partial charge in [-0.2, -0.15) is 0 Å². The number of hydrogen-bond donors (Lipinski definition) is 0. The van der Waals surface area contributed by atoms with Crippen LogP contribution in [0.2, 0.25) is 0 Å². The van der Waals surface area contributed by atoms with Crippen molar-refractivity contribution in [2.75, 3.05) is 0 Å². The molecule has 1 aromatic carbocycles. The minimum atomic E-state index is -2.68. The Morgan fingerprint density at radius 1 is 1.09 bits per heavy atom. The van der Waals surface area contributed by atoms with Crippen LogP contribution in [-0.4, -0.2) is 12.1 Å². The van der Waals surface area contributed by atoms with Gasteiger partial charge in [0.05, 0.1) is 0 Å². The summed E-state index contributed by atoms with van der Waals surface area (Å²) in [5, 5.41) is 0. The summed E-state index contributed by atoms with van der Waals surface area (Å²) in [6.07, 6.45) is 0.814. The van der Waals surface area contributed by atoms with E-state index in [1.165, 1.54) is 19.1 Å². The average molecular weight is 334 g/mol. The van der Waals surface area contributed by atoms with E-state index in [4.69, 9.17) is 0 Å². The van der Waals surface area contributed by atoms with Gasteiger partial charge in [0.1, 0.15) is 6.17 Å². The van der Waals surface area contributed by atoms with Gasteiger partial charge < -0.3 is 0 Å². The van der Waals surface area contributed by atoms with Gasteiger partial charge in [-0.05, 0) is 62.5 Å². The van der Waals surface area contributed by atoms with Crippen LogP contribution in [0.3, 0.4) is 0 Å². The molecule has 23 heavy (non-hydrogen) atoms. The lowest BCUT2D eigenvalue weighted by Gasteiger charge is -2.30. The maximum atomic E-state index is 14.2. The number of benzene rings is 1. The lowest BCUT2D eigenvalue weighted by atomic mass is 9.76. The van der Waals surface area contributed by atoms with Crippen molar-refractivity contribution >= 4 is 0 Å². The number of alkyl halides is 3. The molecule has 0 amide bonds. The molecule has 1 atom stereocenters. The third-order valence-corrected chi connectivity index (χ3v) is 4.63. The van der Waals surface area contributed by atoms with Gasteiger partial charge in [0.2, 0.25) is 5.92 Å². The minimum Gasteiger partial charge on any atom is -0.247 e. The zero-order chi connectivity index (χ0) is 17.2. The van der Waals surface area contributed by atoms with Gasteiger partial charge in [-0.15, -0.1) is 0 Å². The molecule has 0 heterocycles. The quantitative estimate of drug-likeness (QED) is 0.564. The molecule has 1 aromatic rings. The predicted octanol–water partition coefficient (Wildman–Crippen LogP) is 6.18. The summed E-state index contributed by atoms with van der Waals surface area (Å²) in [5.74, 6) is -4.78.